The SMILES string of the molecule is O=NCCc1ccc(Br)cc1. The zero-order valence-corrected chi connectivity index (χ0v) is 7.54. The molecule has 3 heteroatoms. The van der Waals surface area contributed by atoms with E-state index in [-0.39, 0.29) is 0 Å². The van der Waals surface area contributed by atoms with Crippen LogP contribution >= 0.6 is 15.9 Å². The second-order valence-corrected chi connectivity index (χ2v) is 3.14. The van der Waals surface area contributed by atoms with Crippen LogP contribution in [0.1, 0.15) is 5.56 Å². The molecule has 0 aromatic heterocycles. The Hall–Kier alpha value is -0.700. The van der Waals surface area contributed by atoms with Gasteiger partial charge in [-0.1, -0.05) is 33.2 Å². The molecule has 0 atom stereocenters. The van der Waals surface area contributed by atoms with Crippen LogP contribution in [0.3, 0.4) is 0 Å². The van der Waals surface area contributed by atoms with Crippen molar-refractivity contribution in [3.05, 3.63) is 39.2 Å². The number of rotatable bonds is 3. The maximum absolute atomic E-state index is 9.79. The third-order valence-corrected chi connectivity index (χ3v) is 1.93. The summed E-state index contributed by atoms with van der Waals surface area (Å²) in [5.74, 6) is 0. The zero-order chi connectivity index (χ0) is 8.10. The van der Waals surface area contributed by atoms with Gasteiger partial charge in [0.25, 0.3) is 0 Å². The van der Waals surface area contributed by atoms with Crippen molar-refractivity contribution in [1.82, 2.24) is 0 Å². The molecule has 1 aromatic carbocycles. The third-order valence-electron chi connectivity index (χ3n) is 1.41. The number of nitroso groups, excluding NO2 is 1. The van der Waals surface area contributed by atoms with E-state index in [0.717, 1.165) is 16.5 Å². The van der Waals surface area contributed by atoms with Crippen LogP contribution in [0.5, 0.6) is 0 Å². The van der Waals surface area contributed by atoms with Crippen molar-refractivity contribution in [3.8, 4) is 0 Å². The molecule has 0 unspecified atom stereocenters. The first kappa shape index (κ1) is 8.40. The molecule has 0 radical (unpaired) electrons. The molecule has 11 heavy (non-hydrogen) atoms. The Morgan fingerprint density at radius 3 is 2.45 bits per heavy atom. The molecule has 58 valence electrons. The van der Waals surface area contributed by atoms with E-state index in [2.05, 4.69) is 21.1 Å². The average molecular weight is 214 g/mol. The van der Waals surface area contributed by atoms with Crippen LogP contribution in [0.4, 0.5) is 0 Å². The number of benzene rings is 1. The highest BCUT2D eigenvalue weighted by atomic mass is 79.9. The van der Waals surface area contributed by atoms with Crippen LogP contribution in [0.15, 0.2) is 33.9 Å². The molecule has 0 N–H and O–H groups in total. The molecular weight excluding hydrogens is 206 g/mol. The van der Waals surface area contributed by atoms with Gasteiger partial charge in [-0.15, -0.1) is 0 Å². The van der Waals surface area contributed by atoms with Crippen LogP contribution in [0.2, 0.25) is 0 Å². The molecule has 0 aliphatic heterocycles. The van der Waals surface area contributed by atoms with Gasteiger partial charge in [0.2, 0.25) is 0 Å². The summed E-state index contributed by atoms with van der Waals surface area (Å²) in [6.07, 6.45) is 0.733. The maximum atomic E-state index is 9.79. The molecule has 0 aliphatic rings. The fraction of sp³-hybridized carbons (Fsp3) is 0.250. The van der Waals surface area contributed by atoms with E-state index in [1.165, 1.54) is 0 Å². The maximum Gasteiger partial charge on any atom is 0.0851 e. The number of hydrogen-bond acceptors (Lipinski definition) is 2. The van der Waals surface area contributed by atoms with E-state index in [1.807, 2.05) is 24.3 Å². The van der Waals surface area contributed by atoms with Crippen LogP contribution in [0.25, 0.3) is 0 Å². The van der Waals surface area contributed by atoms with Crippen LogP contribution < -0.4 is 0 Å². The Labute approximate surface area is 73.7 Å². The van der Waals surface area contributed by atoms with Crippen molar-refractivity contribution in [2.45, 2.75) is 6.42 Å². The summed E-state index contributed by atoms with van der Waals surface area (Å²) >= 11 is 3.33. The minimum Gasteiger partial charge on any atom is -0.151 e. The summed E-state index contributed by atoms with van der Waals surface area (Å²) < 4.78 is 1.06. The van der Waals surface area contributed by atoms with Gasteiger partial charge >= 0.3 is 0 Å². The summed E-state index contributed by atoms with van der Waals surface area (Å²) in [4.78, 5) is 9.79. The quantitative estimate of drug-likeness (QED) is 0.711. The zero-order valence-electron chi connectivity index (χ0n) is 5.96. The lowest BCUT2D eigenvalue weighted by Gasteiger charge is -1.95. The van der Waals surface area contributed by atoms with Gasteiger partial charge in [0.1, 0.15) is 0 Å². The van der Waals surface area contributed by atoms with Crippen molar-refractivity contribution in [2.75, 3.05) is 6.54 Å². The first-order chi connectivity index (χ1) is 5.33. The monoisotopic (exact) mass is 213 g/mol. The highest BCUT2D eigenvalue weighted by Crippen LogP contribution is 2.10. The molecule has 0 fully saturated rings. The van der Waals surface area contributed by atoms with E-state index < -0.39 is 0 Å². The van der Waals surface area contributed by atoms with Gasteiger partial charge in [-0.2, -0.15) is 4.91 Å². The summed E-state index contributed by atoms with van der Waals surface area (Å²) in [7, 11) is 0. The molecule has 1 rings (SSSR count). The molecule has 0 saturated heterocycles. The third kappa shape index (κ3) is 2.80. The van der Waals surface area contributed by atoms with E-state index in [1.54, 1.807) is 0 Å². The van der Waals surface area contributed by atoms with Gasteiger partial charge in [-0.05, 0) is 24.1 Å². The Kier molecular flexibility index (Phi) is 3.23. The van der Waals surface area contributed by atoms with Crippen molar-refractivity contribution in [2.24, 2.45) is 5.18 Å². The summed E-state index contributed by atoms with van der Waals surface area (Å²) in [5.41, 5.74) is 1.15. The summed E-state index contributed by atoms with van der Waals surface area (Å²) in [6.45, 7) is 0.363. The summed E-state index contributed by atoms with van der Waals surface area (Å²) in [5, 5.41) is 2.79. The number of halogens is 1. The van der Waals surface area contributed by atoms with Gasteiger partial charge in [-0.25, -0.2) is 0 Å². The molecule has 0 saturated carbocycles. The molecule has 0 heterocycles. The Morgan fingerprint density at radius 2 is 1.91 bits per heavy atom. The minimum atomic E-state index is 0.363. The fourth-order valence-electron chi connectivity index (χ4n) is 0.826. The number of nitrogens with zero attached hydrogens (tertiary/aromatic N) is 1. The fourth-order valence-corrected chi connectivity index (χ4v) is 1.09. The standard InChI is InChI=1S/C8H8BrNO/c9-8-3-1-7(2-4-8)5-6-10-11/h1-4H,5-6H2. The smallest absolute Gasteiger partial charge is 0.0851 e. The van der Waals surface area contributed by atoms with Gasteiger partial charge in [0, 0.05) is 4.47 Å². The van der Waals surface area contributed by atoms with Gasteiger partial charge in [0.05, 0.1) is 6.54 Å². The van der Waals surface area contributed by atoms with Gasteiger partial charge in [-0.3, -0.25) is 0 Å². The predicted octanol–water partition coefficient (Wildman–Crippen LogP) is 2.76. The highest BCUT2D eigenvalue weighted by Gasteiger charge is 1.91. The lowest BCUT2D eigenvalue weighted by atomic mass is 10.2. The molecule has 0 amide bonds. The first-order valence-corrected chi connectivity index (χ1v) is 4.16. The lowest BCUT2D eigenvalue weighted by Crippen LogP contribution is -1.86. The Balaban J connectivity index is 2.58. The lowest BCUT2D eigenvalue weighted by molar-refractivity contribution is 0.960. The van der Waals surface area contributed by atoms with Crippen molar-refractivity contribution in [1.29, 1.82) is 0 Å². The van der Waals surface area contributed by atoms with E-state index in [9.17, 15) is 4.91 Å². The molecule has 0 spiro atoms. The molecule has 2 nitrogen and oxygen atoms in total. The van der Waals surface area contributed by atoms with Crippen LogP contribution in [-0.4, -0.2) is 6.54 Å². The summed E-state index contributed by atoms with van der Waals surface area (Å²) in [6, 6.07) is 7.88. The highest BCUT2D eigenvalue weighted by molar-refractivity contribution is 9.10. The Bertz CT molecular complexity index is 232. The molecule has 0 bridgehead atoms. The minimum absolute atomic E-state index is 0.363. The Morgan fingerprint density at radius 1 is 1.27 bits per heavy atom. The van der Waals surface area contributed by atoms with E-state index in [4.69, 9.17) is 0 Å². The van der Waals surface area contributed by atoms with E-state index >= 15 is 0 Å². The predicted molar refractivity (Wildman–Crippen MR) is 48.5 cm³/mol. The van der Waals surface area contributed by atoms with E-state index in [0.29, 0.717) is 6.54 Å². The van der Waals surface area contributed by atoms with Crippen molar-refractivity contribution in [3.63, 3.8) is 0 Å². The molecule has 1 aromatic rings. The van der Waals surface area contributed by atoms with Crippen LogP contribution in [-0.2, 0) is 6.42 Å². The van der Waals surface area contributed by atoms with Crippen molar-refractivity contribution >= 4 is 15.9 Å². The topological polar surface area (TPSA) is 29.4 Å². The molecule has 0 aliphatic carbocycles. The average Bonchev–Trinajstić information content (AvgIpc) is 2.04. The van der Waals surface area contributed by atoms with Crippen molar-refractivity contribution < 1.29 is 0 Å². The number of hydrogen-bond donors (Lipinski definition) is 0. The second-order valence-electron chi connectivity index (χ2n) is 2.23. The first-order valence-electron chi connectivity index (χ1n) is 3.36. The largest absolute Gasteiger partial charge is 0.151 e. The van der Waals surface area contributed by atoms with Gasteiger partial charge in [0.15, 0.2) is 0 Å². The normalized spacial score (nSPS) is 9.55. The van der Waals surface area contributed by atoms with Gasteiger partial charge < -0.3 is 0 Å². The molecular formula is C8H8BrNO. The second kappa shape index (κ2) is 4.23. The van der Waals surface area contributed by atoms with Crippen LogP contribution in [0, 0.1) is 4.91 Å².